The number of aromatic hydroxyl groups is 1. The number of hydrogen-bond donors (Lipinski definition) is 1. The predicted molar refractivity (Wildman–Crippen MR) is 142 cm³/mol. The monoisotopic (exact) mass is 521 g/mol. The molecule has 9 heteroatoms. The molecule has 1 aromatic heterocycles. The Kier molecular flexibility index (Phi) is 5.40. The van der Waals surface area contributed by atoms with Crippen LogP contribution in [0.15, 0.2) is 79.0 Å². The van der Waals surface area contributed by atoms with Crippen molar-refractivity contribution in [1.82, 2.24) is 19.9 Å². The third kappa shape index (κ3) is 3.60. The lowest BCUT2D eigenvalue weighted by Gasteiger charge is -2.35. The second-order valence-corrected chi connectivity index (χ2v) is 10.3. The molecule has 2 atom stereocenters. The maximum Gasteiger partial charge on any atom is 0.258 e. The Hall–Kier alpha value is -4.66. The van der Waals surface area contributed by atoms with E-state index in [9.17, 15) is 14.7 Å². The first kappa shape index (κ1) is 23.5. The summed E-state index contributed by atoms with van der Waals surface area (Å²) in [5, 5.41) is 19.1. The summed E-state index contributed by atoms with van der Waals surface area (Å²) >= 11 is 0. The first-order valence-corrected chi connectivity index (χ1v) is 13.2. The number of phenolic OH excluding ortho intramolecular Hbond substituents is 1. The molecule has 3 aliphatic heterocycles. The molecule has 0 unspecified atom stereocenters. The van der Waals surface area contributed by atoms with Gasteiger partial charge in [-0.1, -0.05) is 47.7 Å². The molecule has 7 rings (SSSR count). The smallest absolute Gasteiger partial charge is 0.258 e. The van der Waals surface area contributed by atoms with E-state index in [0.717, 1.165) is 23.2 Å². The van der Waals surface area contributed by atoms with Gasteiger partial charge >= 0.3 is 0 Å². The van der Waals surface area contributed by atoms with Gasteiger partial charge < -0.3 is 19.6 Å². The van der Waals surface area contributed by atoms with E-state index in [0.29, 0.717) is 37.6 Å². The quantitative estimate of drug-likeness (QED) is 0.409. The number of amides is 2. The number of benzene rings is 3. The Balaban J connectivity index is 1.43. The van der Waals surface area contributed by atoms with Crippen LogP contribution in [0.25, 0.3) is 0 Å². The average Bonchev–Trinajstić information content (AvgIpc) is 3.64. The lowest BCUT2D eigenvalue weighted by Crippen LogP contribution is -2.45. The summed E-state index contributed by atoms with van der Waals surface area (Å²) in [5.41, 5.74) is 2.42. The molecule has 1 fully saturated rings. The summed E-state index contributed by atoms with van der Waals surface area (Å²) in [5.74, 6) is 0.206. The van der Waals surface area contributed by atoms with Crippen LogP contribution in [0.5, 0.6) is 11.5 Å². The minimum atomic E-state index is -1.01. The molecule has 1 N–H and O–H groups in total. The van der Waals surface area contributed by atoms with Crippen molar-refractivity contribution in [3.63, 3.8) is 0 Å². The van der Waals surface area contributed by atoms with Crippen LogP contribution >= 0.6 is 0 Å². The number of rotatable bonds is 1. The van der Waals surface area contributed by atoms with Crippen LogP contribution in [0.2, 0.25) is 0 Å². The Morgan fingerprint density at radius 3 is 2.77 bits per heavy atom. The van der Waals surface area contributed by atoms with E-state index < -0.39 is 11.5 Å². The van der Waals surface area contributed by atoms with Gasteiger partial charge in [0.25, 0.3) is 5.91 Å². The molecule has 2 amide bonds. The summed E-state index contributed by atoms with van der Waals surface area (Å²) in [4.78, 5) is 32.2. The fraction of sp³-hybridized carbons (Fsp3) is 0.267. The number of phenols is 1. The van der Waals surface area contributed by atoms with Gasteiger partial charge in [-0.15, -0.1) is 5.10 Å². The van der Waals surface area contributed by atoms with Gasteiger partial charge in [0.2, 0.25) is 5.91 Å². The molecule has 39 heavy (non-hydrogen) atoms. The zero-order chi connectivity index (χ0) is 26.6. The third-order valence-electron chi connectivity index (χ3n) is 8.10. The Labute approximate surface area is 225 Å². The number of nitrogens with zero attached hydrogens (tertiary/aromatic N) is 5. The van der Waals surface area contributed by atoms with Crippen LogP contribution < -0.4 is 9.64 Å². The van der Waals surface area contributed by atoms with Crippen molar-refractivity contribution in [1.29, 1.82) is 0 Å². The first-order chi connectivity index (χ1) is 19.1. The summed E-state index contributed by atoms with van der Waals surface area (Å²) in [7, 11) is 0. The Bertz CT molecular complexity index is 1600. The SMILES string of the molecule is O=C(c1ccccc1O)N1CC[C@@]23C(=O)N(Cc4cn(nn4)CCCOc4cccc(c4)[C@H]12)c1ccccc13. The second kappa shape index (κ2) is 8.97. The number of ether oxygens (including phenoxy) is 1. The molecule has 0 radical (unpaired) electrons. The molecular formula is C30H27N5O4. The normalized spacial score (nSPS) is 21.9. The highest BCUT2D eigenvalue weighted by molar-refractivity contribution is 6.10. The van der Waals surface area contributed by atoms with Gasteiger partial charge in [-0.2, -0.15) is 0 Å². The van der Waals surface area contributed by atoms with Crippen LogP contribution in [0.3, 0.4) is 0 Å². The first-order valence-electron chi connectivity index (χ1n) is 13.2. The van der Waals surface area contributed by atoms with Crippen molar-refractivity contribution in [3.8, 4) is 11.5 Å². The summed E-state index contributed by atoms with van der Waals surface area (Å²) in [6, 6.07) is 21.5. The van der Waals surface area contributed by atoms with E-state index in [1.807, 2.05) is 54.7 Å². The number of likely N-dealkylation sites (tertiary alicyclic amines) is 1. The molecule has 4 aromatic rings. The van der Waals surface area contributed by atoms with E-state index in [1.54, 1.807) is 32.7 Å². The molecule has 4 heterocycles. The van der Waals surface area contributed by atoms with Crippen LogP contribution in [-0.2, 0) is 23.3 Å². The number of anilines is 1. The molecule has 6 bridgehead atoms. The number of carbonyl (C=O) groups is 2. The third-order valence-corrected chi connectivity index (χ3v) is 8.10. The minimum Gasteiger partial charge on any atom is -0.507 e. The highest BCUT2D eigenvalue weighted by atomic mass is 16.5. The van der Waals surface area contributed by atoms with Crippen molar-refractivity contribution in [2.75, 3.05) is 18.1 Å². The van der Waals surface area contributed by atoms with Gasteiger partial charge in [0.1, 0.15) is 22.6 Å². The molecule has 196 valence electrons. The highest BCUT2D eigenvalue weighted by Crippen LogP contribution is 2.57. The molecule has 1 saturated heterocycles. The van der Waals surface area contributed by atoms with Crippen LogP contribution in [0.4, 0.5) is 5.69 Å². The van der Waals surface area contributed by atoms with Gasteiger partial charge in [-0.25, -0.2) is 0 Å². The number of para-hydroxylation sites is 2. The maximum atomic E-state index is 14.6. The van der Waals surface area contributed by atoms with Crippen molar-refractivity contribution < 1.29 is 19.4 Å². The van der Waals surface area contributed by atoms with E-state index >= 15 is 0 Å². The molecule has 1 spiro atoms. The van der Waals surface area contributed by atoms with E-state index in [2.05, 4.69) is 10.3 Å². The summed E-state index contributed by atoms with van der Waals surface area (Å²) in [6.07, 6.45) is 3.06. The predicted octanol–water partition coefficient (Wildman–Crippen LogP) is 3.84. The number of carbonyl (C=O) groups excluding carboxylic acids is 2. The van der Waals surface area contributed by atoms with Crippen molar-refractivity contribution in [2.24, 2.45) is 0 Å². The van der Waals surface area contributed by atoms with Gasteiger partial charge in [0.15, 0.2) is 0 Å². The van der Waals surface area contributed by atoms with Gasteiger partial charge in [0, 0.05) is 25.2 Å². The summed E-state index contributed by atoms with van der Waals surface area (Å²) < 4.78 is 7.87. The van der Waals surface area contributed by atoms with Crippen LogP contribution in [0, 0.1) is 0 Å². The zero-order valence-corrected chi connectivity index (χ0v) is 21.2. The van der Waals surface area contributed by atoms with Crippen LogP contribution in [-0.4, -0.2) is 50.0 Å². The van der Waals surface area contributed by atoms with E-state index in [1.165, 1.54) is 6.07 Å². The molecule has 0 aliphatic carbocycles. The maximum absolute atomic E-state index is 14.6. The molecular weight excluding hydrogens is 494 g/mol. The van der Waals surface area contributed by atoms with Crippen molar-refractivity contribution in [3.05, 3.63) is 101 Å². The lowest BCUT2D eigenvalue weighted by atomic mass is 9.72. The van der Waals surface area contributed by atoms with Gasteiger partial charge in [-0.3, -0.25) is 14.3 Å². The molecule has 3 aromatic carbocycles. The average molecular weight is 522 g/mol. The Morgan fingerprint density at radius 2 is 1.87 bits per heavy atom. The standard InChI is InChI=1S/C30H27N5O4/c36-26-12-4-1-9-23(26)28(37)34-15-13-30-24-10-2-3-11-25(24)35(29(30)38)19-21-18-33(32-31-21)14-6-16-39-22-8-5-7-20(17-22)27(30)34/h1-5,7-12,17-18,27,36H,6,13-16,19H2/t27-,30-/m0/s1. The number of aryl methyl sites for hydroxylation is 1. The largest absolute Gasteiger partial charge is 0.507 e. The lowest BCUT2D eigenvalue weighted by molar-refractivity contribution is -0.124. The zero-order valence-electron chi connectivity index (χ0n) is 21.2. The highest BCUT2D eigenvalue weighted by Gasteiger charge is 2.61. The van der Waals surface area contributed by atoms with Crippen molar-refractivity contribution in [2.45, 2.75) is 37.4 Å². The molecule has 3 aliphatic rings. The molecule has 0 saturated carbocycles. The summed E-state index contributed by atoms with van der Waals surface area (Å²) in [6.45, 7) is 1.77. The van der Waals surface area contributed by atoms with E-state index in [-0.39, 0.29) is 29.7 Å². The Morgan fingerprint density at radius 1 is 1.03 bits per heavy atom. The van der Waals surface area contributed by atoms with Crippen molar-refractivity contribution >= 4 is 17.5 Å². The van der Waals surface area contributed by atoms with Crippen LogP contribution in [0.1, 0.15) is 46.1 Å². The van der Waals surface area contributed by atoms with E-state index in [4.69, 9.17) is 4.74 Å². The fourth-order valence-electron chi connectivity index (χ4n) is 6.41. The minimum absolute atomic E-state index is 0.0722. The van der Waals surface area contributed by atoms with Gasteiger partial charge in [-0.05, 0) is 47.9 Å². The number of hydrogen-bond acceptors (Lipinski definition) is 6. The topological polar surface area (TPSA) is 101 Å². The molecule has 9 nitrogen and oxygen atoms in total. The van der Waals surface area contributed by atoms with Gasteiger partial charge in [0.05, 0.1) is 31.0 Å². The second-order valence-electron chi connectivity index (χ2n) is 10.3. The fourth-order valence-corrected chi connectivity index (χ4v) is 6.41. The number of aromatic nitrogens is 3. The number of fused-ring (bicyclic) bond motifs is 8.